The van der Waals surface area contributed by atoms with E-state index in [0.29, 0.717) is 17.4 Å². The van der Waals surface area contributed by atoms with Gasteiger partial charge in [0.1, 0.15) is 5.60 Å². The Balaban J connectivity index is 2.22. The Morgan fingerprint density at radius 3 is 2.39 bits per heavy atom. The second-order valence-electron chi connectivity index (χ2n) is 7.15. The highest BCUT2D eigenvalue weighted by atomic mass is 32.2. The SMILES string of the molecule is C[C@H]1CC[C@H](c2ccc(S(=O)O)cc2)N(C(=O)OC(C)(C)C)C1. The van der Waals surface area contributed by atoms with Crippen LogP contribution in [0.25, 0.3) is 0 Å². The van der Waals surface area contributed by atoms with E-state index in [-0.39, 0.29) is 12.1 Å². The Bertz CT molecular complexity index is 579. The fraction of sp³-hybridized carbons (Fsp3) is 0.588. The van der Waals surface area contributed by atoms with E-state index in [9.17, 15) is 9.00 Å². The molecule has 0 bridgehead atoms. The van der Waals surface area contributed by atoms with Crippen molar-refractivity contribution < 1.29 is 18.3 Å². The highest BCUT2D eigenvalue weighted by Crippen LogP contribution is 2.34. The molecule has 6 heteroatoms. The Labute approximate surface area is 140 Å². The van der Waals surface area contributed by atoms with Gasteiger partial charge in [-0.2, -0.15) is 0 Å². The van der Waals surface area contributed by atoms with Crippen LogP contribution in [0, 0.1) is 5.92 Å². The number of rotatable bonds is 2. The second kappa shape index (κ2) is 7.01. The van der Waals surface area contributed by atoms with Crippen LogP contribution in [0.1, 0.15) is 52.1 Å². The van der Waals surface area contributed by atoms with Crippen molar-refractivity contribution in [3.63, 3.8) is 0 Å². The molecular weight excluding hydrogens is 314 g/mol. The van der Waals surface area contributed by atoms with Crippen LogP contribution in [0.3, 0.4) is 0 Å². The number of carbonyl (C=O) groups excluding carboxylic acids is 1. The third kappa shape index (κ3) is 4.78. The number of benzene rings is 1. The molecule has 1 aliphatic heterocycles. The third-order valence-corrected chi connectivity index (χ3v) is 4.59. The van der Waals surface area contributed by atoms with Gasteiger partial charge in [-0.3, -0.25) is 0 Å². The summed E-state index contributed by atoms with van der Waals surface area (Å²) in [7, 11) is 0. The zero-order chi connectivity index (χ0) is 17.2. The van der Waals surface area contributed by atoms with Gasteiger partial charge in [-0.25, -0.2) is 9.00 Å². The molecule has 3 atom stereocenters. The number of amides is 1. The first-order chi connectivity index (χ1) is 10.7. The van der Waals surface area contributed by atoms with Gasteiger partial charge in [0.25, 0.3) is 0 Å². The molecule has 1 fully saturated rings. The number of hydrogen-bond acceptors (Lipinski definition) is 3. The van der Waals surface area contributed by atoms with Crippen LogP contribution in [0.4, 0.5) is 4.79 Å². The molecular formula is C17H25NO4S. The molecule has 1 heterocycles. The molecule has 23 heavy (non-hydrogen) atoms. The van der Waals surface area contributed by atoms with Crippen LogP contribution in [0.5, 0.6) is 0 Å². The standard InChI is InChI=1S/C17H25NO4S/c1-12-5-10-15(13-6-8-14(9-7-13)23(20)21)18(11-12)16(19)22-17(2,3)4/h6-9,12,15H,5,10-11H2,1-4H3,(H,20,21)/t12-,15+/m0/s1. The van der Waals surface area contributed by atoms with Gasteiger partial charge in [0.2, 0.25) is 0 Å². The lowest BCUT2D eigenvalue weighted by atomic mass is 9.90. The predicted molar refractivity (Wildman–Crippen MR) is 89.6 cm³/mol. The molecule has 5 nitrogen and oxygen atoms in total. The summed E-state index contributed by atoms with van der Waals surface area (Å²) in [4.78, 5) is 14.7. The molecule has 0 aliphatic carbocycles. The van der Waals surface area contributed by atoms with Crippen molar-refractivity contribution >= 4 is 17.2 Å². The summed E-state index contributed by atoms with van der Waals surface area (Å²) in [6.07, 6.45) is 1.60. The molecule has 1 amide bonds. The first kappa shape index (κ1) is 17.9. The van der Waals surface area contributed by atoms with Gasteiger partial charge in [-0.1, -0.05) is 19.1 Å². The van der Waals surface area contributed by atoms with E-state index in [4.69, 9.17) is 9.29 Å². The fourth-order valence-corrected chi connectivity index (χ4v) is 3.20. The first-order valence-corrected chi connectivity index (χ1v) is 8.98. The van der Waals surface area contributed by atoms with Crippen LogP contribution in [0.15, 0.2) is 29.2 Å². The third-order valence-electron chi connectivity index (χ3n) is 3.91. The normalized spacial score (nSPS) is 23.4. The lowest BCUT2D eigenvalue weighted by Gasteiger charge is -2.39. The Kier molecular flexibility index (Phi) is 5.47. The minimum absolute atomic E-state index is 0.0535. The quantitative estimate of drug-likeness (QED) is 0.828. The molecule has 128 valence electrons. The van der Waals surface area contributed by atoms with Crippen LogP contribution in [0.2, 0.25) is 0 Å². The summed E-state index contributed by atoms with van der Waals surface area (Å²) in [5.74, 6) is 0.433. The van der Waals surface area contributed by atoms with Gasteiger partial charge in [0, 0.05) is 6.54 Å². The zero-order valence-corrected chi connectivity index (χ0v) is 14.9. The van der Waals surface area contributed by atoms with Crippen LogP contribution < -0.4 is 0 Å². The van der Waals surface area contributed by atoms with Gasteiger partial charge in [-0.05, 0) is 57.2 Å². The van der Waals surface area contributed by atoms with Crippen molar-refractivity contribution in [2.75, 3.05) is 6.54 Å². The Morgan fingerprint density at radius 1 is 1.26 bits per heavy atom. The number of ether oxygens (including phenoxy) is 1. The lowest BCUT2D eigenvalue weighted by Crippen LogP contribution is -2.44. The van der Waals surface area contributed by atoms with E-state index in [1.807, 2.05) is 32.9 Å². The number of hydrogen-bond donors (Lipinski definition) is 1. The highest BCUT2D eigenvalue weighted by molar-refractivity contribution is 7.79. The Morgan fingerprint density at radius 2 is 1.87 bits per heavy atom. The van der Waals surface area contributed by atoms with Crippen molar-refractivity contribution in [2.24, 2.45) is 5.92 Å². The molecule has 1 unspecified atom stereocenters. The van der Waals surface area contributed by atoms with Gasteiger partial charge in [0.05, 0.1) is 10.9 Å². The van der Waals surface area contributed by atoms with Gasteiger partial charge >= 0.3 is 6.09 Å². The van der Waals surface area contributed by atoms with Crippen molar-refractivity contribution in [1.82, 2.24) is 4.90 Å². The minimum Gasteiger partial charge on any atom is -0.444 e. The first-order valence-electron chi connectivity index (χ1n) is 7.88. The van der Waals surface area contributed by atoms with E-state index in [1.54, 1.807) is 17.0 Å². The summed E-state index contributed by atoms with van der Waals surface area (Å²) in [6, 6.07) is 6.86. The molecule has 1 aromatic carbocycles. The average molecular weight is 339 g/mol. The van der Waals surface area contributed by atoms with E-state index in [2.05, 4.69) is 6.92 Å². The Hall–Kier alpha value is -1.40. The minimum atomic E-state index is -1.98. The van der Waals surface area contributed by atoms with Crippen molar-refractivity contribution in [3.05, 3.63) is 29.8 Å². The van der Waals surface area contributed by atoms with Crippen molar-refractivity contribution in [2.45, 2.75) is 57.1 Å². The fourth-order valence-electron chi connectivity index (χ4n) is 2.83. The van der Waals surface area contributed by atoms with E-state index < -0.39 is 16.7 Å². The summed E-state index contributed by atoms with van der Waals surface area (Å²) in [6.45, 7) is 8.37. The molecule has 0 radical (unpaired) electrons. The summed E-state index contributed by atoms with van der Waals surface area (Å²) < 4.78 is 25.7. The smallest absolute Gasteiger partial charge is 0.410 e. The van der Waals surface area contributed by atoms with Crippen LogP contribution >= 0.6 is 0 Å². The molecule has 2 rings (SSSR count). The highest BCUT2D eigenvalue weighted by Gasteiger charge is 2.33. The van der Waals surface area contributed by atoms with Crippen LogP contribution in [-0.2, 0) is 15.8 Å². The predicted octanol–water partition coefficient (Wildman–Crippen LogP) is 3.98. The number of likely N-dealkylation sites (tertiary alicyclic amines) is 1. The molecule has 1 saturated heterocycles. The van der Waals surface area contributed by atoms with Crippen molar-refractivity contribution in [3.8, 4) is 0 Å². The maximum atomic E-state index is 12.5. The molecule has 1 aliphatic rings. The molecule has 1 N–H and O–H groups in total. The molecule has 0 aromatic heterocycles. The molecule has 1 aromatic rings. The number of carbonyl (C=O) groups is 1. The monoisotopic (exact) mass is 339 g/mol. The molecule has 0 spiro atoms. The van der Waals surface area contributed by atoms with E-state index >= 15 is 0 Å². The van der Waals surface area contributed by atoms with Crippen molar-refractivity contribution in [1.29, 1.82) is 0 Å². The second-order valence-corrected chi connectivity index (χ2v) is 8.12. The lowest BCUT2D eigenvalue weighted by molar-refractivity contribution is 0.00363. The average Bonchev–Trinajstić information content (AvgIpc) is 2.45. The summed E-state index contributed by atoms with van der Waals surface area (Å²) >= 11 is -1.98. The van der Waals surface area contributed by atoms with Gasteiger partial charge < -0.3 is 14.2 Å². The topological polar surface area (TPSA) is 66.8 Å². The van der Waals surface area contributed by atoms with E-state index in [0.717, 1.165) is 18.4 Å². The van der Waals surface area contributed by atoms with Gasteiger partial charge in [-0.15, -0.1) is 0 Å². The summed E-state index contributed by atoms with van der Waals surface area (Å²) in [5, 5.41) is 0. The zero-order valence-electron chi connectivity index (χ0n) is 14.1. The maximum Gasteiger partial charge on any atom is 0.410 e. The summed E-state index contributed by atoms with van der Waals surface area (Å²) in [5.41, 5.74) is 0.442. The largest absolute Gasteiger partial charge is 0.444 e. The van der Waals surface area contributed by atoms with Gasteiger partial charge in [0.15, 0.2) is 11.1 Å². The maximum absolute atomic E-state index is 12.5. The van der Waals surface area contributed by atoms with Crippen LogP contribution in [-0.4, -0.2) is 31.9 Å². The number of piperidine rings is 1. The van der Waals surface area contributed by atoms with E-state index in [1.165, 1.54) is 0 Å². The number of nitrogens with zero attached hydrogens (tertiary/aromatic N) is 1. The molecule has 0 saturated carbocycles.